The number of carbonyl (C=O) groups excluding carboxylic acids is 1. The molecule has 0 fully saturated rings. The van der Waals surface area contributed by atoms with E-state index in [1.54, 1.807) is 30.3 Å². The number of aromatic nitrogens is 2. The van der Waals surface area contributed by atoms with Gasteiger partial charge in [-0.15, -0.1) is 0 Å². The van der Waals surface area contributed by atoms with Crippen LogP contribution in [0.3, 0.4) is 0 Å². The van der Waals surface area contributed by atoms with Crippen LogP contribution in [0.15, 0.2) is 54.7 Å². The Kier molecular flexibility index (Phi) is 5.16. The second-order valence-corrected chi connectivity index (χ2v) is 6.11. The van der Waals surface area contributed by atoms with Crippen molar-refractivity contribution in [1.29, 1.82) is 0 Å². The number of halogens is 2. The van der Waals surface area contributed by atoms with Crippen molar-refractivity contribution in [2.45, 2.75) is 6.92 Å². The smallest absolute Gasteiger partial charge is 0.274 e. The van der Waals surface area contributed by atoms with Crippen LogP contribution < -0.4 is 10.6 Å². The van der Waals surface area contributed by atoms with Gasteiger partial charge >= 0.3 is 0 Å². The topological polar surface area (TPSA) is 66.9 Å². The maximum Gasteiger partial charge on any atom is 0.274 e. The van der Waals surface area contributed by atoms with Gasteiger partial charge in [0.1, 0.15) is 5.69 Å². The number of anilines is 3. The van der Waals surface area contributed by atoms with Gasteiger partial charge in [-0.2, -0.15) is 0 Å². The van der Waals surface area contributed by atoms with Gasteiger partial charge in [0.2, 0.25) is 5.95 Å². The minimum absolute atomic E-state index is 0.233. The lowest BCUT2D eigenvalue weighted by Crippen LogP contribution is -2.14. The number of hydrogen-bond donors (Lipinski definition) is 2. The highest BCUT2D eigenvalue weighted by atomic mass is 35.5. The van der Waals surface area contributed by atoms with Crippen molar-refractivity contribution < 1.29 is 4.79 Å². The van der Waals surface area contributed by atoms with Crippen LogP contribution in [0, 0.1) is 6.92 Å². The van der Waals surface area contributed by atoms with Crippen LogP contribution in [0.1, 0.15) is 16.1 Å². The molecule has 0 saturated carbocycles. The van der Waals surface area contributed by atoms with E-state index in [1.807, 2.05) is 19.1 Å². The molecule has 2 N–H and O–H groups in total. The number of amides is 1. The van der Waals surface area contributed by atoms with E-state index in [2.05, 4.69) is 20.6 Å². The van der Waals surface area contributed by atoms with Gasteiger partial charge in [0, 0.05) is 27.6 Å². The summed E-state index contributed by atoms with van der Waals surface area (Å²) >= 11 is 12.0. The molecule has 1 heterocycles. The fraction of sp³-hybridized carbons (Fsp3) is 0.0556. The molecule has 0 aliphatic heterocycles. The first-order valence-corrected chi connectivity index (χ1v) is 8.20. The summed E-state index contributed by atoms with van der Waals surface area (Å²) in [5.74, 6) is -0.0420. The van der Waals surface area contributed by atoms with Crippen molar-refractivity contribution in [1.82, 2.24) is 9.97 Å². The van der Waals surface area contributed by atoms with E-state index in [0.717, 1.165) is 11.3 Å². The number of rotatable bonds is 4. The van der Waals surface area contributed by atoms with E-state index >= 15 is 0 Å². The van der Waals surface area contributed by atoms with Gasteiger partial charge in [-0.25, -0.2) is 9.97 Å². The Labute approximate surface area is 155 Å². The molecule has 25 heavy (non-hydrogen) atoms. The Hall–Kier alpha value is -2.63. The Morgan fingerprint density at radius 2 is 1.88 bits per heavy atom. The summed E-state index contributed by atoms with van der Waals surface area (Å²) in [7, 11) is 0. The van der Waals surface area contributed by atoms with E-state index in [0.29, 0.717) is 21.7 Å². The predicted octanol–water partition coefficient (Wildman–Crippen LogP) is 5.09. The SMILES string of the molecule is Cc1c(Cl)cccc1Nc1nccc(C(=O)Nc2cccc(Cl)c2)n1. The lowest BCUT2D eigenvalue weighted by Gasteiger charge is -2.10. The molecule has 1 amide bonds. The second-order valence-electron chi connectivity index (χ2n) is 5.27. The highest BCUT2D eigenvalue weighted by molar-refractivity contribution is 6.31. The molecule has 7 heteroatoms. The molecule has 3 aromatic rings. The molecular weight excluding hydrogens is 359 g/mol. The minimum atomic E-state index is -0.351. The number of nitrogens with zero attached hydrogens (tertiary/aromatic N) is 2. The lowest BCUT2D eigenvalue weighted by molar-refractivity contribution is 0.102. The van der Waals surface area contributed by atoms with Crippen molar-refractivity contribution in [3.63, 3.8) is 0 Å². The summed E-state index contributed by atoms with van der Waals surface area (Å²) in [6, 6.07) is 13.9. The molecule has 0 atom stereocenters. The average Bonchev–Trinajstić information content (AvgIpc) is 2.59. The van der Waals surface area contributed by atoms with Gasteiger partial charge in [0.15, 0.2) is 0 Å². The van der Waals surface area contributed by atoms with Crippen molar-refractivity contribution >= 4 is 46.4 Å². The van der Waals surface area contributed by atoms with E-state index in [-0.39, 0.29) is 11.6 Å². The van der Waals surface area contributed by atoms with Crippen LogP contribution in [-0.4, -0.2) is 15.9 Å². The van der Waals surface area contributed by atoms with Crippen molar-refractivity contribution in [2.24, 2.45) is 0 Å². The largest absolute Gasteiger partial charge is 0.324 e. The predicted molar refractivity (Wildman–Crippen MR) is 101 cm³/mol. The van der Waals surface area contributed by atoms with Gasteiger partial charge in [-0.1, -0.05) is 35.3 Å². The molecule has 0 aliphatic carbocycles. The quantitative estimate of drug-likeness (QED) is 0.669. The van der Waals surface area contributed by atoms with E-state index < -0.39 is 0 Å². The summed E-state index contributed by atoms with van der Waals surface area (Å²) in [5, 5.41) is 7.00. The summed E-state index contributed by atoms with van der Waals surface area (Å²) < 4.78 is 0. The zero-order valence-corrected chi connectivity index (χ0v) is 14.8. The van der Waals surface area contributed by atoms with Crippen LogP contribution in [0.2, 0.25) is 10.0 Å². The molecule has 2 aromatic carbocycles. The highest BCUT2D eigenvalue weighted by Gasteiger charge is 2.11. The monoisotopic (exact) mass is 372 g/mol. The number of nitrogens with one attached hydrogen (secondary N) is 2. The summed E-state index contributed by atoms with van der Waals surface area (Å²) in [6.45, 7) is 1.89. The molecule has 0 saturated heterocycles. The zero-order valence-electron chi connectivity index (χ0n) is 13.3. The number of benzene rings is 2. The number of carbonyl (C=O) groups is 1. The molecule has 3 rings (SSSR count). The van der Waals surface area contributed by atoms with E-state index in [9.17, 15) is 4.79 Å². The van der Waals surface area contributed by atoms with Crippen LogP contribution in [-0.2, 0) is 0 Å². The second kappa shape index (κ2) is 7.51. The summed E-state index contributed by atoms with van der Waals surface area (Å²) in [6.07, 6.45) is 1.52. The fourth-order valence-corrected chi connectivity index (χ4v) is 2.53. The van der Waals surface area contributed by atoms with Crippen LogP contribution in [0.4, 0.5) is 17.3 Å². The first-order chi connectivity index (χ1) is 12.0. The summed E-state index contributed by atoms with van der Waals surface area (Å²) in [4.78, 5) is 20.7. The van der Waals surface area contributed by atoms with E-state index in [4.69, 9.17) is 23.2 Å². The first kappa shape index (κ1) is 17.2. The maximum absolute atomic E-state index is 12.4. The van der Waals surface area contributed by atoms with Crippen molar-refractivity contribution in [3.05, 3.63) is 76.0 Å². The van der Waals surface area contributed by atoms with Gasteiger partial charge in [0.25, 0.3) is 5.91 Å². The molecule has 1 aromatic heterocycles. The van der Waals surface area contributed by atoms with Crippen molar-refractivity contribution in [2.75, 3.05) is 10.6 Å². The third-order valence-corrected chi connectivity index (χ3v) is 4.13. The van der Waals surface area contributed by atoms with E-state index in [1.165, 1.54) is 12.3 Å². The number of hydrogen-bond acceptors (Lipinski definition) is 4. The van der Waals surface area contributed by atoms with Crippen molar-refractivity contribution in [3.8, 4) is 0 Å². The standard InChI is InChI=1S/C18H14Cl2N4O/c1-11-14(20)6-3-7-15(11)23-18-21-9-8-16(24-18)17(25)22-13-5-2-4-12(19)10-13/h2-10H,1H3,(H,22,25)(H,21,23,24). The molecule has 0 bridgehead atoms. The molecule has 0 spiro atoms. The molecule has 0 radical (unpaired) electrons. The Morgan fingerprint density at radius 1 is 1.08 bits per heavy atom. The first-order valence-electron chi connectivity index (χ1n) is 7.45. The van der Waals surface area contributed by atoms with Gasteiger partial charge in [-0.3, -0.25) is 4.79 Å². The average molecular weight is 373 g/mol. The summed E-state index contributed by atoms with van der Waals surface area (Å²) in [5.41, 5.74) is 2.48. The minimum Gasteiger partial charge on any atom is -0.324 e. The molecular formula is C18H14Cl2N4O. The normalized spacial score (nSPS) is 10.4. The third kappa shape index (κ3) is 4.26. The van der Waals surface area contributed by atoms with Gasteiger partial charge in [-0.05, 0) is 48.9 Å². The Bertz CT molecular complexity index is 930. The zero-order chi connectivity index (χ0) is 17.8. The van der Waals surface area contributed by atoms with Gasteiger partial charge < -0.3 is 10.6 Å². The lowest BCUT2D eigenvalue weighted by atomic mass is 10.2. The van der Waals surface area contributed by atoms with Crippen LogP contribution in [0.5, 0.6) is 0 Å². The molecule has 5 nitrogen and oxygen atoms in total. The fourth-order valence-electron chi connectivity index (χ4n) is 2.17. The molecule has 0 aliphatic rings. The third-order valence-electron chi connectivity index (χ3n) is 3.48. The molecule has 0 unspecified atom stereocenters. The van der Waals surface area contributed by atoms with Crippen LogP contribution in [0.25, 0.3) is 0 Å². The maximum atomic E-state index is 12.4. The van der Waals surface area contributed by atoms with Gasteiger partial charge in [0.05, 0.1) is 0 Å². The Balaban J connectivity index is 1.79. The Morgan fingerprint density at radius 3 is 2.68 bits per heavy atom. The molecule has 126 valence electrons. The highest BCUT2D eigenvalue weighted by Crippen LogP contribution is 2.25. The van der Waals surface area contributed by atoms with Crippen LogP contribution >= 0.6 is 23.2 Å².